The number of carbonyl (C=O) groups excluding carboxylic acids is 1. The number of carbonyl (C=O) groups is 1. The minimum absolute atomic E-state index is 0.0661. The van der Waals surface area contributed by atoms with Gasteiger partial charge >= 0.3 is 0 Å². The molecule has 1 heterocycles. The first kappa shape index (κ1) is 19.8. The Kier molecular flexibility index (Phi) is 6.23. The Morgan fingerprint density at radius 2 is 1.82 bits per heavy atom. The highest BCUT2D eigenvalue weighted by Crippen LogP contribution is 2.24. The number of anilines is 1. The molecule has 3 aromatic rings. The van der Waals surface area contributed by atoms with E-state index in [0.717, 1.165) is 5.39 Å². The molecule has 0 radical (unpaired) electrons. The SMILES string of the molecule is COCCCNC(=O)c1ccc(S(=O)(=O)Nc2cccc3cccnc23)cc1. The highest BCUT2D eigenvalue weighted by molar-refractivity contribution is 7.92. The van der Waals surface area contributed by atoms with Crippen molar-refractivity contribution in [2.24, 2.45) is 0 Å². The van der Waals surface area contributed by atoms with E-state index in [2.05, 4.69) is 15.0 Å². The van der Waals surface area contributed by atoms with Gasteiger partial charge in [-0.05, 0) is 42.8 Å². The highest BCUT2D eigenvalue weighted by atomic mass is 32.2. The molecular weight excluding hydrogens is 378 g/mol. The number of benzene rings is 2. The van der Waals surface area contributed by atoms with Crippen LogP contribution in [0, 0.1) is 0 Å². The maximum absolute atomic E-state index is 12.7. The van der Waals surface area contributed by atoms with Crippen LogP contribution < -0.4 is 10.0 Å². The number of nitrogens with zero attached hydrogens (tertiary/aromatic N) is 1. The summed E-state index contributed by atoms with van der Waals surface area (Å²) in [6, 6.07) is 14.7. The van der Waals surface area contributed by atoms with Crippen molar-refractivity contribution in [3.63, 3.8) is 0 Å². The van der Waals surface area contributed by atoms with Crippen molar-refractivity contribution in [1.82, 2.24) is 10.3 Å². The highest BCUT2D eigenvalue weighted by Gasteiger charge is 2.16. The zero-order valence-corrected chi connectivity index (χ0v) is 16.2. The summed E-state index contributed by atoms with van der Waals surface area (Å²) in [5.41, 5.74) is 1.36. The number of methoxy groups -OCH3 is 1. The van der Waals surface area contributed by atoms with Gasteiger partial charge in [-0.2, -0.15) is 0 Å². The van der Waals surface area contributed by atoms with E-state index < -0.39 is 10.0 Å². The third-order valence-electron chi connectivity index (χ3n) is 4.11. The molecule has 1 aromatic heterocycles. The Morgan fingerprint density at radius 1 is 1.07 bits per heavy atom. The van der Waals surface area contributed by atoms with Crippen LogP contribution >= 0.6 is 0 Å². The molecule has 0 aliphatic rings. The summed E-state index contributed by atoms with van der Waals surface area (Å²) >= 11 is 0. The number of hydrogen-bond acceptors (Lipinski definition) is 5. The Balaban J connectivity index is 1.74. The second-order valence-corrected chi connectivity index (χ2v) is 7.80. The third-order valence-corrected chi connectivity index (χ3v) is 5.50. The Bertz CT molecular complexity index is 1060. The lowest BCUT2D eigenvalue weighted by atomic mass is 10.2. The van der Waals surface area contributed by atoms with Gasteiger partial charge in [-0.3, -0.25) is 14.5 Å². The maximum Gasteiger partial charge on any atom is 0.261 e. The van der Waals surface area contributed by atoms with Crippen molar-refractivity contribution < 1.29 is 17.9 Å². The standard InChI is InChI=1S/C20H21N3O4S/c1-27-14-4-13-22-20(24)16-8-10-17(11-9-16)28(25,26)23-18-7-2-5-15-6-3-12-21-19(15)18/h2-3,5-12,23H,4,13-14H2,1H3,(H,22,24). The number of aromatic nitrogens is 1. The van der Waals surface area contributed by atoms with Gasteiger partial charge in [0.2, 0.25) is 0 Å². The van der Waals surface area contributed by atoms with Crippen LogP contribution in [0.15, 0.2) is 65.7 Å². The molecule has 8 heteroatoms. The molecule has 7 nitrogen and oxygen atoms in total. The fourth-order valence-corrected chi connectivity index (χ4v) is 3.76. The second-order valence-electron chi connectivity index (χ2n) is 6.11. The van der Waals surface area contributed by atoms with E-state index in [1.807, 2.05) is 12.1 Å². The minimum Gasteiger partial charge on any atom is -0.385 e. The van der Waals surface area contributed by atoms with Gasteiger partial charge in [0.05, 0.1) is 16.1 Å². The van der Waals surface area contributed by atoms with Crippen molar-refractivity contribution in [3.05, 3.63) is 66.4 Å². The van der Waals surface area contributed by atoms with Gasteiger partial charge in [0, 0.05) is 37.4 Å². The summed E-state index contributed by atoms with van der Waals surface area (Å²) in [7, 11) is -2.21. The normalized spacial score (nSPS) is 11.3. The van der Waals surface area contributed by atoms with Crippen LogP contribution in [0.4, 0.5) is 5.69 Å². The third kappa shape index (κ3) is 4.65. The van der Waals surface area contributed by atoms with Crippen molar-refractivity contribution >= 4 is 32.5 Å². The average Bonchev–Trinajstić information content (AvgIpc) is 2.71. The van der Waals surface area contributed by atoms with Crippen LogP contribution in [0.5, 0.6) is 0 Å². The molecule has 146 valence electrons. The number of ether oxygens (including phenoxy) is 1. The number of para-hydroxylation sites is 1. The summed E-state index contributed by atoms with van der Waals surface area (Å²) in [4.78, 5) is 16.4. The Labute approximate surface area is 163 Å². The van der Waals surface area contributed by atoms with Crippen molar-refractivity contribution in [3.8, 4) is 0 Å². The van der Waals surface area contributed by atoms with Gasteiger partial charge in [0.1, 0.15) is 0 Å². The number of rotatable bonds is 8. The molecule has 28 heavy (non-hydrogen) atoms. The first-order chi connectivity index (χ1) is 13.5. The summed E-state index contributed by atoms with van der Waals surface area (Å²) in [5, 5.41) is 3.60. The molecule has 0 aliphatic heterocycles. The number of fused-ring (bicyclic) bond motifs is 1. The molecule has 0 fully saturated rings. The summed E-state index contributed by atoms with van der Waals surface area (Å²) in [5.74, 6) is -0.258. The monoisotopic (exact) mass is 399 g/mol. The number of nitrogens with one attached hydrogen (secondary N) is 2. The first-order valence-electron chi connectivity index (χ1n) is 8.75. The largest absolute Gasteiger partial charge is 0.385 e. The van der Waals surface area contributed by atoms with Gasteiger partial charge in [-0.25, -0.2) is 8.42 Å². The molecule has 3 rings (SSSR count). The van der Waals surface area contributed by atoms with Crippen LogP contribution in [-0.2, 0) is 14.8 Å². The molecule has 0 atom stereocenters. The minimum atomic E-state index is -3.81. The summed E-state index contributed by atoms with van der Waals surface area (Å²) in [6.45, 7) is 1.05. The molecule has 0 spiro atoms. The topological polar surface area (TPSA) is 97.4 Å². The average molecular weight is 399 g/mol. The van der Waals surface area contributed by atoms with Crippen molar-refractivity contribution in [2.75, 3.05) is 25.0 Å². The smallest absolute Gasteiger partial charge is 0.261 e. The maximum atomic E-state index is 12.7. The van der Waals surface area contributed by atoms with Crippen molar-refractivity contribution in [1.29, 1.82) is 0 Å². The number of pyridine rings is 1. The number of sulfonamides is 1. The summed E-state index contributed by atoms with van der Waals surface area (Å²) in [6.07, 6.45) is 2.32. The predicted molar refractivity (Wildman–Crippen MR) is 108 cm³/mol. The van der Waals surface area contributed by atoms with E-state index in [9.17, 15) is 13.2 Å². The van der Waals surface area contributed by atoms with E-state index >= 15 is 0 Å². The number of hydrogen-bond donors (Lipinski definition) is 2. The van der Waals surface area contributed by atoms with Crippen LogP contribution in [0.25, 0.3) is 10.9 Å². The molecule has 0 saturated carbocycles. The second kappa shape index (κ2) is 8.81. The predicted octanol–water partition coefficient (Wildman–Crippen LogP) is 2.80. The van der Waals surface area contributed by atoms with Gasteiger partial charge in [0.15, 0.2) is 0 Å². The lowest BCUT2D eigenvalue weighted by Gasteiger charge is -2.11. The Hall–Kier alpha value is -2.97. The van der Waals surface area contributed by atoms with Crippen LogP contribution in [0.1, 0.15) is 16.8 Å². The van der Waals surface area contributed by atoms with Gasteiger partial charge in [-0.1, -0.05) is 18.2 Å². The van der Waals surface area contributed by atoms with E-state index in [0.29, 0.717) is 36.3 Å². The fourth-order valence-electron chi connectivity index (χ4n) is 2.70. The molecule has 2 N–H and O–H groups in total. The van der Waals surface area contributed by atoms with E-state index in [1.54, 1.807) is 31.5 Å². The fraction of sp³-hybridized carbons (Fsp3) is 0.200. The first-order valence-corrected chi connectivity index (χ1v) is 10.2. The molecule has 0 bridgehead atoms. The molecule has 0 unspecified atom stereocenters. The van der Waals surface area contributed by atoms with Crippen LogP contribution in [0.2, 0.25) is 0 Å². The lowest BCUT2D eigenvalue weighted by Crippen LogP contribution is -2.25. The number of amides is 1. The van der Waals surface area contributed by atoms with E-state index in [-0.39, 0.29) is 10.8 Å². The zero-order chi connectivity index (χ0) is 20.0. The molecule has 0 saturated heterocycles. The molecule has 0 aliphatic carbocycles. The quantitative estimate of drug-likeness (QED) is 0.568. The van der Waals surface area contributed by atoms with E-state index in [4.69, 9.17) is 4.74 Å². The van der Waals surface area contributed by atoms with E-state index in [1.165, 1.54) is 24.3 Å². The molecule has 2 aromatic carbocycles. The lowest BCUT2D eigenvalue weighted by molar-refractivity contribution is 0.0948. The summed E-state index contributed by atoms with van der Waals surface area (Å²) < 4.78 is 32.9. The van der Waals surface area contributed by atoms with Crippen LogP contribution in [-0.4, -0.2) is 39.6 Å². The van der Waals surface area contributed by atoms with Gasteiger partial charge in [-0.15, -0.1) is 0 Å². The van der Waals surface area contributed by atoms with Gasteiger partial charge < -0.3 is 10.1 Å². The van der Waals surface area contributed by atoms with Crippen molar-refractivity contribution in [2.45, 2.75) is 11.3 Å². The Morgan fingerprint density at radius 3 is 2.57 bits per heavy atom. The zero-order valence-electron chi connectivity index (χ0n) is 15.4. The molecule has 1 amide bonds. The van der Waals surface area contributed by atoms with Gasteiger partial charge in [0.25, 0.3) is 15.9 Å². The van der Waals surface area contributed by atoms with Crippen LogP contribution in [0.3, 0.4) is 0 Å². The molecular formula is C20H21N3O4S.